The van der Waals surface area contributed by atoms with E-state index in [0.29, 0.717) is 17.3 Å². The summed E-state index contributed by atoms with van der Waals surface area (Å²) < 4.78 is 29.4. The number of hydrogen-bond donors (Lipinski definition) is 0. The van der Waals surface area contributed by atoms with Gasteiger partial charge in [-0.2, -0.15) is 0 Å². The molecule has 0 saturated heterocycles. The van der Waals surface area contributed by atoms with Crippen LogP contribution in [0, 0.1) is 0 Å². The van der Waals surface area contributed by atoms with Crippen LogP contribution in [-0.4, -0.2) is 20.8 Å². The van der Waals surface area contributed by atoms with E-state index < -0.39 is 8.87 Å². The van der Waals surface area contributed by atoms with Gasteiger partial charge in [0.25, 0.3) is 0 Å². The minimum absolute atomic E-state index is 0.333. The van der Waals surface area contributed by atoms with Crippen molar-refractivity contribution in [3.8, 4) is 5.75 Å². The van der Waals surface area contributed by atoms with E-state index in [1.165, 1.54) is 0 Å². The van der Waals surface area contributed by atoms with Gasteiger partial charge in [-0.3, -0.25) is 0 Å². The van der Waals surface area contributed by atoms with Gasteiger partial charge in [-0.15, -0.1) is 0 Å². The molecule has 0 aromatic heterocycles. The van der Waals surface area contributed by atoms with Gasteiger partial charge in [0, 0.05) is 5.75 Å². The molecule has 2 aromatic rings. The van der Waals surface area contributed by atoms with E-state index in [1.807, 2.05) is 30.3 Å². The Morgan fingerprint density at radius 1 is 0.895 bits per heavy atom. The molecular weight excluding hydrogens is 280 g/mol. The van der Waals surface area contributed by atoms with E-state index in [2.05, 4.69) is 0 Å². The second-order valence-corrected chi connectivity index (χ2v) is 7.80. The highest BCUT2D eigenvalue weighted by atomic mass is 33.1. The molecule has 0 fully saturated rings. The SMILES string of the molecule is O=S(=O)(SCCOc1ccccc1)c1ccccc1. The summed E-state index contributed by atoms with van der Waals surface area (Å²) in [6.07, 6.45) is 0. The van der Waals surface area contributed by atoms with Crippen LogP contribution in [0.25, 0.3) is 0 Å². The largest absolute Gasteiger partial charge is 0.493 e. The molecule has 5 heteroatoms. The Bertz CT molecular complexity index is 595. The van der Waals surface area contributed by atoms with Crippen LogP contribution in [0.5, 0.6) is 5.75 Å². The van der Waals surface area contributed by atoms with E-state index in [-0.39, 0.29) is 0 Å². The maximum absolute atomic E-state index is 12.0. The number of ether oxygens (including phenoxy) is 1. The van der Waals surface area contributed by atoms with E-state index in [9.17, 15) is 8.42 Å². The van der Waals surface area contributed by atoms with Crippen LogP contribution in [0.4, 0.5) is 0 Å². The molecule has 0 heterocycles. The fraction of sp³-hybridized carbons (Fsp3) is 0.143. The Hall–Kier alpha value is -1.46. The van der Waals surface area contributed by atoms with Crippen molar-refractivity contribution in [2.24, 2.45) is 0 Å². The van der Waals surface area contributed by atoms with E-state index in [1.54, 1.807) is 30.3 Å². The lowest BCUT2D eigenvalue weighted by atomic mass is 10.3. The molecule has 19 heavy (non-hydrogen) atoms. The smallest absolute Gasteiger partial charge is 0.230 e. The first-order chi connectivity index (χ1) is 9.18. The van der Waals surface area contributed by atoms with Crippen molar-refractivity contribution in [3.63, 3.8) is 0 Å². The second kappa shape index (κ2) is 6.63. The van der Waals surface area contributed by atoms with Crippen LogP contribution >= 0.6 is 10.8 Å². The summed E-state index contributed by atoms with van der Waals surface area (Å²) >= 11 is 0. The summed E-state index contributed by atoms with van der Waals surface area (Å²) in [4.78, 5) is 0.333. The molecule has 2 rings (SSSR count). The van der Waals surface area contributed by atoms with Gasteiger partial charge in [0.05, 0.1) is 11.5 Å². The van der Waals surface area contributed by atoms with Gasteiger partial charge in [0.2, 0.25) is 8.87 Å². The Labute approximate surface area is 116 Å². The standard InChI is InChI=1S/C14H14O3S2/c15-19(16,14-9-5-2-6-10-14)18-12-11-17-13-7-3-1-4-8-13/h1-10H,11-12H2. The van der Waals surface area contributed by atoms with E-state index in [4.69, 9.17) is 4.74 Å². The maximum Gasteiger partial charge on any atom is 0.230 e. The monoisotopic (exact) mass is 294 g/mol. The number of benzene rings is 2. The van der Waals surface area contributed by atoms with Crippen molar-refractivity contribution < 1.29 is 13.2 Å². The molecule has 0 atom stereocenters. The maximum atomic E-state index is 12.0. The molecule has 0 bridgehead atoms. The number of rotatable bonds is 6. The van der Waals surface area contributed by atoms with Crippen LogP contribution in [0.15, 0.2) is 65.6 Å². The highest BCUT2D eigenvalue weighted by Crippen LogP contribution is 2.22. The molecule has 100 valence electrons. The number of hydrogen-bond acceptors (Lipinski definition) is 4. The molecule has 0 N–H and O–H groups in total. The predicted molar refractivity (Wildman–Crippen MR) is 78.0 cm³/mol. The predicted octanol–water partition coefficient (Wildman–Crippen LogP) is 3.19. The highest BCUT2D eigenvalue weighted by molar-refractivity contribution is 8.72. The molecule has 3 nitrogen and oxygen atoms in total. The third-order valence-electron chi connectivity index (χ3n) is 2.37. The Kier molecular flexibility index (Phi) is 4.87. The first kappa shape index (κ1) is 14.0. The average molecular weight is 294 g/mol. The van der Waals surface area contributed by atoms with Gasteiger partial charge in [0.1, 0.15) is 5.75 Å². The summed E-state index contributed by atoms with van der Waals surface area (Å²) in [5.41, 5.74) is 0. The van der Waals surface area contributed by atoms with Gasteiger partial charge in [-0.05, 0) is 35.1 Å². The van der Waals surface area contributed by atoms with Crippen molar-refractivity contribution in [2.75, 3.05) is 12.4 Å². The van der Waals surface area contributed by atoms with Crippen LogP contribution in [0.1, 0.15) is 0 Å². The Morgan fingerprint density at radius 3 is 2.11 bits per heavy atom. The van der Waals surface area contributed by atoms with Gasteiger partial charge < -0.3 is 4.74 Å². The van der Waals surface area contributed by atoms with Crippen LogP contribution < -0.4 is 4.74 Å². The van der Waals surface area contributed by atoms with Crippen molar-refractivity contribution in [1.29, 1.82) is 0 Å². The summed E-state index contributed by atoms with van der Waals surface area (Å²) in [5.74, 6) is 1.15. The van der Waals surface area contributed by atoms with Crippen LogP contribution in [0.2, 0.25) is 0 Å². The zero-order valence-corrected chi connectivity index (χ0v) is 11.9. The average Bonchev–Trinajstić information content (AvgIpc) is 2.46. The first-order valence-corrected chi connectivity index (χ1v) is 8.79. The van der Waals surface area contributed by atoms with Crippen LogP contribution in [0.3, 0.4) is 0 Å². The molecule has 0 aliphatic carbocycles. The quantitative estimate of drug-likeness (QED) is 0.606. The second-order valence-electron chi connectivity index (χ2n) is 3.75. The molecule has 0 aliphatic heterocycles. The topological polar surface area (TPSA) is 43.4 Å². The lowest BCUT2D eigenvalue weighted by Crippen LogP contribution is -2.04. The zero-order chi connectivity index (χ0) is 13.6. The molecule has 0 amide bonds. The molecule has 0 aliphatic rings. The molecule has 2 aromatic carbocycles. The lowest BCUT2D eigenvalue weighted by Gasteiger charge is -2.06. The molecular formula is C14H14O3S2. The third-order valence-corrected chi connectivity index (χ3v) is 5.87. The van der Waals surface area contributed by atoms with Crippen molar-refractivity contribution in [2.45, 2.75) is 4.90 Å². The van der Waals surface area contributed by atoms with Gasteiger partial charge in [-0.1, -0.05) is 36.4 Å². The highest BCUT2D eigenvalue weighted by Gasteiger charge is 2.14. The first-order valence-electron chi connectivity index (χ1n) is 5.81. The summed E-state index contributed by atoms with van der Waals surface area (Å²) in [6, 6.07) is 17.8. The molecule has 0 saturated carbocycles. The van der Waals surface area contributed by atoms with Crippen molar-refractivity contribution in [3.05, 3.63) is 60.7 Å². The Morgan fingerprint density at radius 2 is 1.47 bits per heavy atom. The normalized spacial score (nSPS) is 11.2. The summed E-state index contributed by atoms with van der Waals surface area (Å²) in [7, 11) is -2.38. The molecule has 0 unspecified atom stereocenters. The fourth-order valence-electron chi connectivity index (χ4n) is 1.48. The van der Waals surface area contributed by atoms with E-state index >= 15 is 0 Å². The van der Waals surface area contributed by atoms with Crippen molar-refractivity contribution >= 4 is 19.7 Å². The third kappa shape index (κ3) is 4.29. The van der Waals surface area contributed by atoms with E-state index in [0.717, 1.165) is 16.5 Å². The minimum atomic E-state index is -3.28. The summed E-state index contributed by atoms with van der Waals surface area (Å²) in [6.45, 7) is 0.362. The van der Waals surface area contributed by atoms with Crippen molar-refractivity contribution in [1.82, 2.24) is 0 Å². The molecule has 0 spiro atoms. The number of para-hydroxylation sites is 1. The summed E-state index contributed by atoms with van der Waals surface area (Å²) in [5, 5.41) is 0. The van der Waals surface area contributed by atoms with Gasteiger partial charge in [-0.25, -0.2) is 8.42 Å². The Balaban J connectivity index is 1.83. The molecule has 0 radical (unpaired) electrons. The zero-order valence-electron chi connectivity index (χ0n) is 10.2. The van der Waals surface area contributed by atoms with Gasteiger partial charge >= 0.3 is 0 Å². The fourth-order valence-corrected chi connectivity index (χ4v) is 4.08. The minimum Gasteiger partial charge on any atom is -0.493 e. The van der Waals surface area contributed by atoms with Gasteiger partial charge in [0.15, 0.2) is 0 Å². The lowest BCUT2D eigenvalue weighted by molar-refractivity contribution is 0.344. The van der Waals surface area contributed by atoms with Crippen LogP contribution in [-0.2, 0) is 8.87 Å².